The van der Waals surface area contributed by atoms with Gasteiger partial charge in [-0.2, -0.15) is 0 Å². The molecule has 154 valence electrons. The second-order valence-electron chi connectivity index (χ2n) is 12.1. The summed E-state index contributed by atoms with van der Waals surface area (Å²) in [5.74, 6) is 4.27. The number of hydrogen-bond acceptors (Lipinski definition) is 2. The second-order valence-corrected chi connectivity index (χ2v) is 12.1. The molecule has 0 amide bonds. The first-order valence-electron chi connectivity index (χ1n) is 11.5. The quantitative estimate of drug-likeness (QED) is 0.589. The van der Waals surface area contributed by atoms with Gasteiger partial charge in [0, 0.05) is 5.56 Å². The molecule has 2 N–H and O–H groups in total. The second kappa shape index (κ2) is 5.49. The summed E-state index contributed by atoms with van der Waals surface area (Å²) in [5, 5.41) is 22.3. The van der Waals surface area contributed by atoms with Gasteiger partial charge in [0.2, 0.25) is 0 Å². The van der Waals surface area contributed by atoms with Gasteiger partial charge < -0.3 is 10.2 Å². The normalized spacial score (nSPS) is 45.1. The van der Waals surface area contributed by atoms with Crippen molar-refractivity contribution in [1.82, 2.24) is 0 Å². The minimum absolute atomic E-state index is 0.162. The average Bonchev–Trinajstić information content (AvgIpc) is 3.26. The number of fused-ring (bicyclic) bond motifs is 4. The van der Waals surface area contributed by atoms with Crippen LogP contribution in [-0.4, -0.2) is 10.2 Å². The summed E-state index contributed by atoms with van der Waals surface area (Å²) in [6.07, 6.45) is 6.09. The van der Waals surface area contributed by atoms with E-state index in [0.29, 0.717) is 40.6 Å². The van der Waals surface area contributed by atoms with Crippen LogP contribution >= 0.6 is 0 Å². The van der Waals surface area contributed by atoms with Gasteiger partial charge in [-0.25, -0.2) is 0 Å². The Morgan fingerprint density at radius 1 is 0.929 bits per heavy atom. The van der Waals surface area contributed by atoms with Crippen LogP contribution in [0, 0.1) is 39.9 Å². The number of phenols is 2. The third-order valence-corrected chi connectivity index (χ3v) is 11.2. The summed E-state index contributed by atoms with van der Waals surface area (Å²) >= 11 is 0. The van der Waals surface area contributed by atoms with Gasteiger partial charge in [-0.15, -0.1) is 0 Å². The Labute approximate surface area is 170 Å². The Bertz CT molecular complexity index is 818. The van der Waals surface area contributed by atoms with Crippen molar-refractivity contribution in [3.8, 4) is 11.5 Å². The molecule has 0 heterocycles. The molecule has 2 nitrogen and oxygen atoms in total. The van der Waals surface area contributed by atoms with Crippen molar-refractivity contribution < 1.29 is 10.2 Å². The van der Waals surface area contributed by atoms with Crippen LogP contribution in [0.5, 0.6) is 11.5 Å². The first-order valence-corrected chi connectivity index (χ1v) is 11.5. The minimum Gasteiger partial charge on any atom is -0.508 e. The highest BCUT2D eigenvalue weighted by Crippen LogP contribution is 2.73. The van der Waals surface area contributed by atoms with E-state index >= 15 is 0 Å². The molecule has 4 aliphatic rings. The fourth-order valence-corrected chi connectivity index (χ4v) is 8.41. The molecule has 2 heteroatoms. The van der Waals surface area contributed by atoms with E-state index in [1.165, 1.54) is 25.7 Å². The van der Waals surface area contributed by atoms with Crippen LogP contribution in [0.1, 0.15) is 96.6 Å². The number of hydrogen-bond donors (Lipinski definition) is 2. The predicted octanol–water partition coefficient (Wildman–Crippen LogP) is 6.81. The van der Waals surface area contributed by atoms with Gasteiger partial charge in [0.25, 0.3) is 0 Å². The van der Waals surface area contributed by atoms with Crippen LogP contribution in [0.3, 0.4) is 0 Å². The van der Waals surface area contributed by atoms with E-state index in [4.69, 9.17) is 0 Å². The fraction of sp³-hybridized carbons (Fsp3) is 0.769. The lowest BCUT2D eigenvalue weighted by Crippen LogP contribution is -2.32. The van der Waals surface area contributed by atoms with Gasteiger partial charge in [0.15, 0.2) is 0 Å². The largest absolute Gasteiger partial charge is 0.508 e. The molecule has 28 heavy (non-hydrogen) atoms. The summed E-state index contributed by atoms with van der Waals surface area (Å²) in [6.45, 7) is 14.5. The van der Waals surface area contributed by atoms with E-state index in [2.05, 4.69) is 41.5 Å². The molecule has 4 aliphatic carbocycles. The number of rotatable bonds is 2. The summed E-state index contributed by atoms with van der Waals surface area (Å²) in [5.41, 5.74) is 2.84. The Kier molecular flexibility index (Phi) is 3.69. The topological polar surface area (TPSA) is 40.5 Å². The number of aromatic hydroxyl groups is 2. The molecule has 0 aliphatic heterocycles. The van der Waals surface area contributed by atoms with Crippen LogP contribution < -0.4 is 0 Å². The lowest BCUT2D eigenvalue weighted by molar-refractivity contribution is 0.120. The summed E-state index contributed by atoms with van der Waals surface area (Å²) < 4.78 is 0. The maximum atomic E-state index is 11.5. The van der Waals surface area contributed by atoms with E-state index in [0.717, 1.165) is 23.5 Å². The molecule has 1 aromatic carbocycles. The number of phenolic OH excluding ortho intramolecular Hbond substituents is 2. The fourth-order valence-electron chi connectivity index (χ4n) is 8.41. The lowest BCUT2D eigenvalue weighted by Gasteiger charge is -2.41. The first kappa shape index (κ1) is 18.8. The van der Waals surface area contributed by atoms with E-state index in [9.17, 15) is 10.2 Å². The van der Waals surface area contributed by atoms with E-state index in [1.807, 2.05) is 12.1 Å². The van der Waals surface area contributed by atoms with Crippen molar-refractivity contribution >= 4 is 0 Å². The zero-order valence-electron chi connectivity index (χ0n) is 18.5. The molecule has 4 fully saturated rings. The molecular weight excluding hydrogens is 344 g/mol. The SMILES string of the molecule is CC1C2CC(CC2c2ccc(O)c(C3CC4CCC3(C)C4(C)C)c2O)C1(C)C. The van der Waals surface area contributed by atoms with Crippen molar-refractivity contribution in [2.75, 3.05) is 0 Å². The molecule has 4 bridgehead atoms. The zero-order chi connectivity index (χ0) is 20.2. The van der Waals surface area contributed by atoms with Crippen LogP contribution in [0.2, 0.25) is 0 Å². The molecule has 0 spiro atoms. The highest BCUT2D eigenvalue weighted by Gasteiger charge is 2.62. The standard InChI is InChI=1S/C26H38O2/c1-14-18-11-16(24(14,2)3)12-19(18)17-7-8-21(27)22(23(17)28)20-13-15-9-10-26(20,6)25(15,4)5/h7-8,14-16,18-20,27-28H,9-13H2,1-6H3. The van der Waals surface area contributed by atoms with Gasteiger partial charge >= 0.3 is 0 Å². The molecule has 0 radical (unpaired) electrons. The minimum atomic E-state index is 0.162. The van der Waals surface area contributed by atoms with Gasteiger partial charge in [-0.3, -0.25) is 0 Å². The average molecular weight is 383 g/mol. The zero-order valence-corrected chi connectivity index (χ0v) is 18.5. The molecular formula is C26H38O2. The van der Waals surface area contributed by atoms with Crippen molar-refractivity contribution in [3.05, 3.63) is 23.3 Å². The third-order valence-electron chi connectivity index (χ3n) is 11.2. The highest BCUT2D eigenvalue weighted by atomic mass is 16.3. The van der Waals surface area contributed by atoms with E-state index in [1.54, 1.807) is 0 Å². The van der Waals surface area contributed by atoms with E-state index in [-0.39, 0.29) is 16.7 Å². The first-order chi connectivity index (χ1) is 13.0. The summed E-state index contributed by atoms with van der Waals surface area (Å²) in [4.78, 5) is 0. The Hall–Kier alpha value is -1.18. The maximum Gasteiger partial charge on any atom is 0.126 e. The van der Waals surface area contributed by atoms with Gasteiger partial charge in [0.05, 0.1) is 0 Å². The molecule has 5 rings (SSSR count). The Morgan fingerprint density at radius 3 is 2.18 bits per heavy atom. The molecule has 0 saturated heterocycles. The maximum absolute atomic E-state index is 11.5. The van der Waals surface area contributed by atoms with Crippen LogP contribution in [-0.2, 0) is 0 Å². The lowest BCUT2D eigenvalue weighted by atomic mass is 9.63. The molecule has 0 aromatic heterocycles. The third kappa shape index (κ3) is 2.05. The Balaban J connectivity index is 1.55. The molecule has 1 aromatic rings. The molecule has 7 unspecified atom stereocenters. The summed E-state index contributed by atoms with van der Waals surface area (Å²) in [7, 11) is 0. The molecule has 7 atom stereocenters. The van der Waals surface area contributed by atoms with Crippen molar-refractivity contribution in [2.24, 2.45) is 39.9 Å². The van der Waals surface area contributed by atoms with Crippen LogP contribution in [0.25, 0.3) is 0 Å². The van der Waals surface area contributed by atoms with Crippen molar-refractivity contribution in [3.63, 3.8) is 0 Å². The van der Waals surface area contributed by atoms with Gasteiger partial charge in [0.1, 0.15) is 11.5 Å². The van der Waals surface area contributed by atoms with Crippen LogP contribution in [0.15, 0.2) is 12.1 Å². The van der Waals surface area contributed by atoms with Gasteiger partial charge in [-0.05, 0) is 95.5 Å². The van der Waals surface area contributed by atoms with Crippen molar-refractivity contribution in [1.29, 1.82) is 0 Å². The van der Waals surface area contributed by atoms with Gasteiger partial charge in [-0.1, -0.05) is 47.6 Å². The van der Waals surface area contributed by atoms with Crippen LogP contribution in [0.4, 0.5) is 0 Å². The smallest absolute Gasteiger partial charge is 0.126 e. The Morgan fingerprint density at radius 2 is 1.64 bits per heavy atom. The predicted molar refractivity (Wildman–Crippen MR) is 114 cm³/mol. The highest BCUT2D eigenvalue weighted by molar-refractivity contribution is 5.54. The number of benzene rings is 1. The van der Waals surface area contributed by atoms with Crippen molar-refractivity contribution in [2.45, 2.75) is 85.5 Å². The van der Waals surface area contributed by atoms with E-state index < -0.39 is 0 Å². The molecule has 4 saturated carbocycles. The summed E-state index contributed by atoms with van der Waals surface area (Å²) in [6, 6.07) is 3.91. The monoisotopic (exact) mass is 382 g/mol.